The van der Waals surface area contributed by atoms with Gasteiger partial charge >= 0.3 is 0 Å². The normalized spacial score (nSPS) is 14.2. The second-order valence-electron chi connectivity index (χ2n) is 6.51. The Balaban J connectivity index is 1.62. The summed E-state index contributed by atoms with van der Waals surface area (Å²) in [5.41, 5.74) is 11.2. The Labute approximate surface area is 149 Å². The van der Waals surface area contributed by atoms with Crippen molar-refractivity contribution >= 4 is 5.91 Å². The third kappa shape index (κ3) is 4.44. The number of hydrogen-bond donors (Lipinski definition) is 2. The van der Waals surface area contributed by atoms with Crippen LogP contribution in [0.1, 0.15) is 39.7 Å². The zero-order valence-corrected chi connectivity index (χ0v) is 14.8. The smallest absolute Gasteiger partial charge is 0.251 e. The van der Waals surface area contributed by atoms with Crippen molar-refractivity contribution in [3.05, 3.63) is 64.5 Å². The van der Waals surface area contributed by atoms with Crippen LogP contribution in [0.15, 0.2) is 36.5 Å². The number of aromatic nitrogens is 1. The minimum absolute atomic E-state index is 0.0675. The molecule has 0 atom stereocenters. The summed E-state index contributed by atoms with van der Waals surface area (Å²) in [6, 6.07) is 10.1. The number of hydrogen-bond acceptors (Lipinski definition) is 4. The second kappa shape index (κ2) is 8.23. The van der Waals surface area contributed by atoms with Gasteiger partial charge in [-0.1, -0.05) is 25.1 Å². The Morgan fingerprint density at radius 2 is 2.08 bits per heavy atom. The average Bonchev–Trinajstić information content (AvgIpc) is 2.66. The van der Waals surface area contributed by atoms with E-state index in [1.165, 1.54) is 22.4 Å². The summed E-state index contributed by atoms with van der Waals surface area (Å²) in [7, 11) is 0. The molecule has 3 N–H and O–H groups in total. The van der Waals surface area contributed by atoms with Gasteiger partial charge in [0.1, 0.15) is 0 Å². The Bertz CT molecular complexity index is 727. The van der Waals surface area contributed by atoms with E-state index in [4.69, 9.17) is 5.73 Å². The predicted octanol–water partition coefficient (Wildman–Crippen LogP) is 1.89. The first-order chi connectivity index (χ1) is 12.2. The topological polar surface area (TPSA) is 71.2 Å². The van der Waals surface area contributed by atoms with Crippen molar-refractivity contribution in [2.75, 3.05) is 19.6 Å². The fraction of sp³-hybridized carbons (Fsp3) is 0.400. The van der Waals surface area contributed by atoms with E-state index in [2.05, 4.69) is 28.2 Å². The summed E-state index contributed by atoms with van der Waals surface area (Å²) < 4.78 is 0. The maximum atomic E-state index is 11.9. The summed E-state index contributed by atoms with van der Waals surface area (Å²) in [5, 5.41) is 2.79. The molecule has 3 rings (SSSR count). The largest absolute Gasteiger partial charge is 0.351 e. The highest BCUT2D eigenvalue weighted by molar-refractivity contribution is 5.94. The molecule has 5 heteroatoms. The Morgan fingerprint density at radius 3 is 2.80 bits per heavy atom. The number of amides is 1. The van der Waals surface area contributed by atoms with Crippen molar-refractivity contribution in [2.45, 2.75) is 32.9 Å². The Hall–Kier alpha value is -2.24. The van der Waals surface area contributed by atoms with E-state index in [0.717, 1.165) is 32.5 Å². The van der Waals surface area contributed by atoms with Gasteiger partial charge in [0.2, 0.25) is 0 Å². The minimum Gasteiger partial charge on any atom is -0.351 e. The van der Waals surface area contributed by atoms with Crippen LogP contribution < -0.4 is 11.1 Å². The number of pyridine rings is 1. The van der Waals surface area contributed by atoms with E-state index in [0.29, 0.717) is 18.7 Å². The summed E-state index contributed by atoms with van der Waals surface area (Å²) in [6.45, 7) is 5.96. The van der Waals surface area contributed by atoms with Crippen molar-refractivity contribution in [3.63, 3.8) is 0 Å². The van der Waals surface area contributed by atoms with Crippen LogP contribution in [0, 0.1) is 0 Å². The Morgan fingerprint density at radius 1 is 1.28 bits per heavy atom. The maximum absolute atomic E-state index is 11.9. The molecule has 2 heterocycles. The minimum atomic E-state index is -0.0675. The number of carbonyl (C=O) groups excluding carboxylic acids is 1. The molecule has 1 aliphatic heterocycles. The molecule has 0 unspecified atom stereocenters. The van der Waals surface area contributed by atoms with Crippen LogP contribution in [-0.2, 0) is 25.9 Å². The van der Waals surface area contributed by atoms with Gasteiger partial charge in [0.25, 0.3) is 5.91 Å². The molecule has 1 amide bonds. The zero-order valence-electron chi connectivity index (χ0n) is 14.8. The summed E-state index contributed by atoms with van der Waals surface area (Å²) in [6.07, 6.45) is 4.02. The Kier molecular flexibility index (Phi) is 5.79. The molecule has 5 nitrogen and oxygen atoms in total. The zero-order chi connectivity index (χ0) is 17.6. The van der Waals surface area contributed by atoms with Gasteiger partial charge in [0, 0.05) is 56.6 Å². The lowest BCUT2D eigenvalue weighted by molar-refractivity contribution is 0.0954. The van der Waals surface area contributed by atoms with Crippen LogP contribution in [0.4, 0.5) is 0 Å². The number of nitrogens with two attached hydrogens (primary N) is 1. The standard InChI is InChI=1S/C20H26N4O/c1-2-15-11-18-14-24(10-7-19(18)23-12-15)13-16-3-5-17(6-4-16)20(25)22-9-8-21/h3-6,11-12H,2,7-10,13-14,21H2,1H3,(H,22,25). The molecule has 25 heavy (non-hydrogen) atoms. The van der Waals surface area contributed by atoms with E-state index in [9.17, 15) is 4.79 Å². The van der Waals surface area contributed by atoms with E-state index >= 15 is 0 Å². The van der Waals surface area contributed by atoms with Gasteiger partial charge in [-0.25, -0.2) is 0 Å². The molecule has 132 valence electrons. The van der Waals surface area contributed by atoms with Gasteiger partial charge in [0.05, 0.1) is 0 Å². The first-order valence-electron chi connectivity index (χ1n) is 8.96. The highest BCUT2D eigenvalue weighted by Gasteiger charge is 2.17. The fourth-order valence-electron chi connectivity index (χ4n) is 3.17. The lowest BCUT2D eigenvalue weighted by Crippen LogP contribution is -2.31. The lowest BCUT2D eigenvalue weighted by atomic mass is 10.0. The molecule has 0 spiro atoms. The van der Waals surface area contributed by atoms with E-state index in [-0.39, 0.29) is 5.91 Å². The van der Waals surface area contributed by atoms with Crippen LogP contribution in [0.2, 0.25) is 0 Å². The highest BCUT2D eigenvalue weighted by Crippen LogP contribution is 2.20. The quantitative estimate of drug-likeness (QED) is 0.844. The number of rotatable bonds is 6. The highest BCUT2D eigenvalue weighted by atomic mass is 16.1. The third-order valence-electron chi connectivity index (χ3n) is 4.64. The van der Waals surface area contributed by atoms with Crippen LogP contribution in [0.5, 0.6) is 0 Å². The summed E-state index contributed by atoms with van der Waals surface area (Å²) >= 11 is 0. The number of carbonyl (C=O) groups is 1. The monoisotopic (exact) mass is 338 g/mol. The van der Waals surface area contributed by atoms with Gasteiger partial charge in [-0.15, -0.1) is 0 Å². The molecule has 0 saturated heterocycles. The molecular weight excluding hydrogens is 312 g/mol. The molecule has 1 aliphatic rings. The molecule has 0 aliphatic carbocycles. The van der Waals surface area contributed by atoms with Crippen molar-refractivity contribution in [1.82, 2.24) is 15.2 Å². The van der Waals surface area contributed by atoms with E-state index in [1.807, 2.05) is 30.5 Å². The van der Waals surface area contributed by atoms with Crippen molar-refractivity contribution in [3.8, 4) is 0 Å². The predicted molar refractivity (Wildman–Crippen MR) is 99.3 cm³/mol. The van der Waals surface area contributed by atoms with Gasteiger partial charge in [-0.3, -0.25) is 14.7 Å². The van der Waals surface area contributed by atoms with Crippen LogP contribution in [0.25, 0.3) is 0 Å². The van der Waals surface area contributed by atoms with Gasteiger partial charge in [-0.2, -0.15) is 0 Å². The average molecular weight is 338 g/mol. The van der Waals surface area contributed by atoms with E-state index in [1.54, 1.807) is 0 Å². The van der Waals surface area contributed by atoms with Gasteiger partial charge in [-0.05, 0) is 35.2 Å². The first-order valence-corrected chi connectivity index (χ1v) is 8.96. The van der Waals surface area contributed by atoms with Crippen LogP contribution >= 0.6 is 0 Å². The van der Waals surface area contributed by atoms with E-state index < -0.39 is 0 Å². The van der Waals surface area contributed by atoms with Crippen LogP contribution in [-0.4, -0.2) is 35.4 Å². The van der Waals surface area contributed by atoms with Crippen molar-refractivity contribution < 1.29 is 4.79 Å². The van der Waals surface area contributed by atoms with Crippen molar-refractivity contribution in [2.24, 2.45) is 5.73 Å². The number of benzene rings is 1. The lowest BCUT2D eigenvalue weighted by Gasteiger charge is -2.28. The molecule has 0 saturated carbocycles. The van der Waals surface area contributed by atoms with Crippen molar-refractivity contribution in [1.29, 1.82) is 0 Å². The molecule has 0 radical (unpaired) electrons. The van der Waals surface area contributed by atoms with Gasteiger partial charge in [0.15, 0.2) is 0 Å². The SMILES string of the molecule is CCc1cnc2c(c1)CN(Cc1ccc(C(=O)NCCN)cc1)CC2. The fourth-order valence-corrected chi connectivity index (χ4v) is 3.17. The van der Waals surface area contributed by atoms with Crippen LogP contribution in [0.3, 0.4) is 0 Å². The summed E-state index contributed by atoms with van der Waals surface area (Å²) in [4.78, 5) is 19.0. The molecule has 1 aromatic heterocycles. The third-order valence-corrected chi connectivity index (χ3v) is 4.64. The molecule has 0 fully saturated rings. The van der Waals surface area contributed by atoms with Gasteiger partial charge < -0.3 is 11.1 Å². The molecule has 2 aromatic rings. The number of aryl methyl sites for hydroxylation is 1. The second-order valence-corrected chi connectivity index (χ2v) is 6.51. The summed E-state index contributed by atoms with van der Waals surface area (Å²) in [5.74, 6) is -0.0675. The number of fused-ring (bicyclic) bond motifs is 1. The number of nitrogens with zero attached hydrogens (tertiary/aromatic N) is 2. The maximum Gasteiger partial charge on any atom is 0.251 e. The molecule has 1 aromatic carbocycles. The number of nitrogens with one attached hydrogen (secondary N) is 1. The molecule has 0 bridgehead atoms. The molecular formula is C20H26N4O. The first kappa shape index (κ1) is 17.6.